The third-order valence-electron chi connectivity index (χ3n) is 4.67. The Kier molecular flexibility index (Phi) is 5.82. The summed E-state index contributed by atoms with van der Waals surface area (Å²) in [4.78, 5) is 16.5. The zero-order valence-electron chi connectivity index (χ0n) is 18.6. The van der Waals surface area contributed by atoms with Gasteiger partial charge in [0.1, 0.15) is 17.3 Å². The van der Waals surface area contributed by atoms with Crippen LogP contribution in [0.1, 0.15) is 26.5 Å². The van der Waals surface area contributed by atoms with Crippen LogP contribution in [0.4, 0.5) is 20.8 Å². The summed E-state index contributed by atoms with van der Waals surface area (Å²) < 4.78 is 27.1. The zero-order chi connectivity index (χ0) is 23.6. The molecule has 3 aromatic heterocycles. The summed E-state index contributed by atoms with van der Waals surface area (Å²) in [6.45, 7) is 5.91. The molecule has 4 rings (SSSR count). The lowest BCUT2D eigenvalue weighted by molar-refractivity contribution is 0.261. The fourth-order valence-corrected chi connectivity index (χ4v) is 2.94. The van der Waals surface area contributed by atoms with E-state index in [9.17, 15) is 9.18 Å². The molecule has 0 aliphatic carbocycles. The predicted octanol–water partition coefficient (Wildman–Crippen LogP) is 5.34. The van der Waals surface area contributed by atoms with Crippen LogP contribution in [0, 0.1) is 5.82 Å². The lowest BCUT2D eigenvalue weighted by atomic mass is 9.92. The Hall–Kier alpha value is -4.21. The number of benzene rings is 1. The Morgan fingerprint density at radius 1 is 1.12 bits per heavy atom. The van der Waals surface area contributed by atoms with Crippen LogP contribution in [-0.4, -0.2) is 26.0 Å². The van der Waals surface area contributed by atoms with Gasteiger partial charge in [-0.3, -0.25) is 15.0 Å². The number of nitrogens with one attached hydrogen (secondary N) is 2. The molecule has 10 heteroatoms. The summed E-state index contributed by atoms with van der Waals surface area (Å²) in [6.07, 6.45) is 5.13. The van der Waals surface area contributed by atoms with Gasteiger partial charge >= 0.3 is 6.03 Å². The van der Waals surface area contributed by atoms with E-state index in [2.05, 4.69) is 25.9 Å². The first-order valence-corrected chi connectivity index (χ1v) is 10.1. The molecule has 0 radical (unpaired) electrons. The fourth-order valence-electron chi connectivity index (χ4n) is 2.94. The summed E-state index contributed by atoms with van der Waals surface area (Å²) in [7, 11) is 1.82. The molecule has 0 spiro atoms. The van der Waals surface area contributed by atoms with E-state index < -0.39 is 11.8 Å². The predicted molar refractivity (Wildman–Crippen MR) is 121 cm³/mol. The molecule has 0 bridgehead atoms. The second-order valence-electron chi connectivity index (χ2n) is 8.43. The SMILES string of the molecule is Cn1cc(-c2cc(Oc3ccc(NC(=O)Nc4cc(C(C)(C)C)no4)c(F)c3)ccn2)cn1. The van der Waals surface area contributed by atoms with E-state index in [4.69, 9.17) is 9.26 Å². The summed E-state index contributed by atoms with van der Waals surface area (Å²) in [6, 6.07) is 8.52. The Bertz CT molecular complexity index is 1290. The van der Waals surface area contributed by atoms with Crippen LogP contribution in [0.3, 0.4) is 0 Å². The fraction of sp³-hybridized carbons (Fsp3) is 0.217. The van der Waals surface area contributed by atoms with Crippen molar-refractivity contribution in [3.63, 3.8) is 0 Å². The summed E-state index contributed by atoms with van der Waals surface area (Å²) in [5, 5.41) is 13.0. The number of halogens is 1. The van der Waals surface area contributed by atoms with Gasteiger partial charge < -0.3 is 14.6 Å². The monoisotopic (exact) mass is 450 g/mol. The van der Waals surface area contributed by atoms with Gasteiger partial charge in [0.05, 0.1) is 23.3 Å². The number of anilines is 2. The molecule has 2 N–H and O–H groups in total. The Balaban J connectivity index is 1.41. The zero-order valence-corrected chi connectivity index (χ0v) is 18.6. The van der Waals surface area contributed by atoms with Gasteiger partial charge in [-0.05, 0) is 18.2 Å². The van der Waals surface area contributed by atoms with Crippen LogP contribution in [0.5, 0.6) is 11.5 Å². The lowest BCUT2D eigenvalue weighted by Crippen LogP contribution is -2.19. The maximum atomic E-state index is 14.6. The van der Waals surface area contributed by atoms with Crippen molar-refractivity contribution in [1.29, 1.82) is 0 Å². The summed E-state index contributed by atoms with van der Waals surface area (Å²) >= 11 is 0. The van der Waals surface area contributed by atoms with Crippen molar-refractivity contribution in [3.05, 3.63) is 66.5 Å². The van der Waals surface area contributed by atoms with Gasteiger partial charge in [-0.25, -0.2) is 9.18 Å². The molecule has 0 aliphatic rings. The van der Waals surface area contributed by atoms with Crippen molar-refractivity contribution in [1.82, 2.24) is 19.9 Å². The number of hydrogen-bond donors (Lipinski definition) is 2. The smallest absolute Gasteiger partial charge is 0.326 e. The number of aryl methyl sites for hydroxylation is 1. The molecule has 4 aromatic rings. The van der Waals surface area contributed by atoms with Gasteiger partial charge in [-0.2, -0.15) is 5.10 Å². The minimum absolute atomic E-state index is 0.0128. The van der Waals surface area contributed by atoms with Gasteiger partial charge in [-0.15, -0.1) is 0 Å². The lowest BCUT2D eigenvalue weighted by Gasteiger charge is -2.12. The number of carbonyl (C=O) groups is 1. The third-order valence-corrected chi connectivity index (χ3v) is 4.67. The molecule has 1 aromatic carbocycles. The van der Waals surface area contributed by atoms with Crippen molar-refractivity contribution >= 4 is 17.6 Å². The topological polar surface area (TPSA) is 107 Å². The number of ether oxygens (including phenoxy) is 1. The highest BCUT2D eigenvalue weighted by molar-refractivity contribution is 5.99. The van der Waals surface area contributed by atoms with Crippen LogP contribution in [-0.2, 0) is 12.5 Å². The highest BCUT2D eigenvalue weighted by Gasteiger charge is 2.20. The number of carbonyl (C=O) groups excluding carboxylic acids is 1. The van der Waals surface area contributed by atoms with Crippen LogP contribution < -0.4 is 15.4 Å². The van der Waals surface area contributed by atoms with Crippen LogP contribution in [0.15, 0.2) is 59.5 Å². The molecule has 170 valence electrons. The number of rotatable bonds is 5. The maximum absolute atomic E-state index is 14.6. The second kappa shape index (κ2) is 8.73. The van der Waals surface area contributed by atoms with Gasteiger partial charge in [0, 0.05) is 48.6 Å². The third kappa shape index (κ3) is 5.35. The van der Waals surface area contributed by atoms with Gasteiger partial charge in [-0.1, -0.05) is 25.9 Å². The van der Waals surface area contributed by atoms with E-state index in [1.54, 1.807) is 41.3 Å². The number of amides is 2. The van der Waals surface area contributed by atoms with E-state index in [-0.39, 0.29) is 22.7 Å². The molecule has 0 unspecified atom stereocenters. The Morgan fingerprint density at radius 2 is 1.91 bits per heavy atom. The average Bonchev–Trinajstić information content (AvgIpc) is 3.39. The molecule has 0 aliphatic heterocycles. The van der Waals surface area contributed by atoms with Crippen molar-refractivity contribution in [2.24, 2.45) is 7.05 Å². The first-order valence-electron chi connectivity index (χ1n) is 10.1. The van der Waals surface area contributed by atoms with Crippen molar-refractivity contribution in [3.8, 4) is 22.8 Å². The highest BCUT2D eigenvalue weighted by atomic mass is 19.1. The first-order chi connectivity index (χ1) is 15.7. The summed E-state index contributed by atoms with van der Waals surface area (Å²) in [5.74, 6) is 0.269. The number of pyridine rings is 1. The first kappa shape index (κ1) is 22.0. The normalized spacial score (nSPS) is 11.3. The van der Waals surface area contributed by atoms with E-state index >= 15 is 0 Å². The quantitative estimate of drug-likeness (QED) is 0.425. The molecule has 0 saturated carbocycles. The van der Waals surface area contributed by atoms with Crippen molar-refractivity contribution in [2.45, 2.75) is 26.2 Å². The van der Waals surface area contributed by atoms with Crippen molar-refractivity contribution < 1.29 is 18.4 Å². The Morgan fingerprint density at radius 3 is 2.58 bits per heavy atom. The van der Waals surface area contributed by atoms with Crippen LogP contribution in [0.25, 0.3) is 11.3 Å². The van der Waals surface area contributed by atoms with E-state index in [1.807, 2.05) is 34.0 Å². The highest BCUT2D eigenvalue weighted by Crippen LogP contribution is 2.28. The molecular weight excluding hydrogens is 427 g/mol. The van der Waals surface area contributed by atoms with Gasteiger partial charge in [0.15, 0.2) is 0 Å². The summed E-state index contributed by atoms with van der Waals surface area (Å²) in [5.41, 5.74) is 1.96. The minimum atomic E-state index is -0.658. The number of nitrogens with zero attached hydrogens (tertiary/aromatic N) is 4. The van der Waals surface area contributed by atoms with Crippen molar-refractivity contribution in [2.75, 3.05) is 10.6 Å². The van der Waals surface area contributed by atoms with Gasteiger partial charge in [0.25, 0.3) is 0 Å². The van der Waals surface area contributed by atoms with Crippen LogP contribution >= 0.6 is 0 Å². The van der Waals surface area contributed by atoms with E-state index in [0.717, 1.165) is 5.56 Å². The van der Waals surface area contributed by atoms with E-state index in [0.29, 0.717) is 17.1 Å². The van der Waals surface area contributed by atoms with Gasteiger partial charge in [0.2, 0.25) is 5.88 Å². The molecule has 33 heavy (non-hydrogen) atoms. The molecule has 9 nitrogen and oxygen atoms in total. The number of hydrogen-bond acceptors (Lipinski definition) is 6. The maximum Gasteiger partial charge on any atom is 0.326 e. The number of aromatic nitrogens is 4. The minimum Gasteiger partial charge on any atom is -0.457 e. The van der Waals surface area contributed by atoms with Crippen LogP contribution in [0.2, 0.25) is 0 Å². The Labute approximate surface area is 189 Å². The van der Waals surface area contributed by atoms with E-state index in [1.165, 1.54) is 12.1 Å². The molecule has 0 fully saturated rings. The molecule has 0 saturated heterocycles. The molecule has 0 atom stereocenters. The molecular formula is C23H23FN6O3. The molecule has 3 heterocycles. The second-order valence-corrected chi connectivity index (χ2v) is 8.43. The standard InChI is InChI=1S/C23H23FN6O3/c1-23(2,3)20-11-21(33-29-20)28-22(31)27-18-6-5-15(9-17(18)24)32-16-7-8-25-19(10-16)14-12-26-30(4)13-14/h5-13H,1-4H3,(H2,27,28,31). The number of urea groups is 1. The largest absolute Gasteiger partial charge is 0.457 e. The average molecular weight is 450 g/mol. The molecule has 2 amide bonds.